The van der Waals surface area contributed by atoms with Crippen LogP contribution in [0.4, 0.5) is 4.39 Å². The fraction of sp³-hybridized carbons (Fsp3) is 0.667. The third-order valence-electron chi connectivity index (χ3n) is 7.56. The van der Waals surface area contributed by atoms with Crippen LogP contribution in [0.2, 0.25) is 5.02 Å². The standard InChI is InChI=1S/C24H32ClFN4O3/c25-18-4-3-17(10-19(18)26)33-12-23(31)29-20-11-21(14-7-13(20)8-14)30-24(32)22-9-16(5-6-27-22)28-15-1-2-15/h3-4,10,13-16,20-22,27-28H,1-2,5-9,11-12H2,(H,29,31)(H,30,32). The number of hydrogen-bond acceptors (Lipinski definition) is 5. The van der Waals surface area contributed by atoms with Gasteiger partial charge >= 0.3 is 0 Å². The molecule has 1 aliphatic heterocycles. The van der Waals surface area contributed by atoms with Crippen LogP contribution in [-0.4, -0.2) is 55.2 Å². The van der Waals surface area contributed by atoms with E-state index in [1.807, 2.05) is 0 Å². The van der Waals surface area contributed by atoms with Gasteiger partial charge in [-0.1, -0.05) is 11.6 Å². The highest BCUT2D eigenvalue weighted by atomic mass is 35.5. The van der Waals surface area contributed by atoms with Gasteiger partial charge in [0.05, 0.1) is 11.1 Å². The van der Waals surface area contributed by atoms with Gasteiger partial charge in [0.15, 0.2) is 6.61 Å². The summed E-state index contributed by atoms with van der Waals surface area (Å²) in [6.07, 6.45) is 7.16. The van der Waals surface area contributed by atoms with Gasteiger partial charge < -0.3 is 26.0 Å². The van der Waals surface area contributed by atoms with Crippen LogP contribution in [0.25, 0.3) is 0 Å². The minimum Gasteiger partial charge on any atom is -0.484 e. The number of halogens is 2. The first-order chi connectivity index (χ1) is 15.9. The first-order valence-electron chi connectivity index (χ1n) is 12.1. The summed E-state index contributed by atoms with van der Waals surface area (Å²) in [5, 5.41) is 13.4. The Hall–Kier alpha value is -1.90. The van der Waals surface area contributed by atoms with Crippen molar-refractivity contribution in [2.24, 2.45) is 11.8 Å². The van der Waals surface area contributed by atoms with E-state index in [1.54, 1.807) is 0 Å². The lowest BCUT2D eigenvalue weighted by molar-refractivity contribution is -0.127. The summed E-state index contributed by atoms with van der Waals surface area (Å²) in [5.74, 6) is 0.450. The maximum Gasteiger partial charge on any atom is 0.258 e. The quantitative estimate of drug-likeness (QED) is 0.459. The second-order valence-corrected chi connectivity index (χ2v) is 10.5. The first-order valence-corrected chi connectivity index (χ1v) is 12.5. The molecule has 4 unspecified atom stereocenters. The number of hydrogen-bond donors (Lipinski definition) is 4. The molecule has 0 aromatic heterocycles. The predicted molar refractivity (Wildman–Crippen MR) is 123 cm³/mol. The molecule has 2 amide bonds. The molecule has 4 saturated carbocycles. The molecule has 1 aromatic carbocycles. The molecule has 5 aliphatic rings. The summed E-state index contributed by atoms with van der Waals surface area (Å²) >= 11 is 5.67. The van der Waals surface area contributed by atoms with Gasteiger partial charge in [-0.15, -0.1) is 0 Å². The van der Waals surface area contributed by atoms with Crippen LogP contribution < -0.4 is 26.0 Å². The third-order valence-corrected chi connectivity index (χ3v) is 7.87. The van der Waals surface area contributed by atoms with Gasteiger partial charge in [0.1, 0.15) is 11.6 Å². The van der Waals surface area contributed by atoms with Crippen LogP contribution >= 0.6 is 11.6 Å². The average Bonchev–Trinajstić information content (AvgIpc) is 3.58. The summed E-state index contributed by atoms with van der Waals surface area (Å²) < 4.78 is 19.0. The van der Waals surface area contributed by atoms with Crippen molar-refractivity contribution in [3.63, 3.8) is 0 Å². The van der Waals surface area contributed by atoms with Crippen LogP contribution in [0.5, 0.6) is 5.75 Å². The van der Waals surface area contributed by atoms with Gasteiger partial charge in [0.25, 0.3) is 5.91 Å². The Morgan fingerprint density at radius 2 is 1.79 bits per heavy atom. The SMILES string of the molecule is O=C(COc1ccc(Cl)c(F)c1)NC1CC(NC(=O)C2CC(NC3CC3)CCN2)C2CC1C2. The Morgan fingerprint density at radius 1 is 1.03 bits per heavy atom. The van der Waals surface area contributed by atoms with Crippen LogP contribution in [0.15, 0.2) is 18.2 Å². The summed E-state index contributed by atoms with van der Waals surface area (Å²) in [5.41, 5.74) is 0. The van der Waals surface area contributed by atoms with E-state index in [1.165, 1.54) is 31.0 Å². The lowest BCUT2D eigenvalue weighted by atomic mass is 9.60. The lowest BCUT2D eigenvalue weighted by Crippen LogP contribution is -2.62. The van der Waals surface area contributed by atoms with Gasteiger partial charge in [0.2, 0.25) is 5.91 Å². The van der Waals surface area contributed by atoms with Gasteiger partial charge in [-0.3, -0.25) is 9.59 Å². The second kappa shape index (κ2) is 9.76. The highest BCUT2D eigenvalue weighted by molar-refractivity contribution is 6.30. The average molecular weight is 479 g/mol. The normalized spacial score (nSPS) is 33.0. The van der Waals surface area contributed by atoms with E-state index >= 15 is 0 Å². The van der Waals surface area contributed by atoms with E-state index in [2.05, 4.69) is 21.3 Å². The molecule has 4 aliphatic carbocycles. The number of ether oxygens (including phenoxy) is 1. The molecule has 1 aromatic rings. The van der Waals surface area contributed by atoms with Crippen molar-refractivity contribution in [2.45, 2.75) is 75.2 Å². The zero-order chi connectivity index (χ0) is 22.9. The first kappa shape index (κ1) is 22.9. The molecule has 1 saturated heterocycles. The number of carbonyl (C=O) groups excluding carboxylic acids is 2. The molecular formula is C24H32ClFN4O3. The number of nitrogens with one attached hydrogen (secondary N) is 4. The molecule has 5 fully saturated rings. The molecule has 4 atom stereocenters. The number of carbonyl (C=O) groups is 2. The smallest absolute Gasteiger partial charge is 0.258 e. The van der Waals surface area contributed by atoms with Crippen LogP contribution in [0, 0.1) is 17.7 Å². The number of rotatable bonds is 8. The lowest BCUT2D eigenvalue weighted by Gasteiger charge is -2.51. The Kier molecular flexibility index (Phi) is 6.77. The van der Waals surface area contributed by atoms with Crippen LogP contribution in [0.1, 0.15) is 44.9 Å². The molecule has 4 N–H and O–H groups in total. The minimum absolute atomic E-state index is 0.0137. The summed E-state index contributed by atoms with van der Waals surface area (Å²) in [6, 6.07) is 5.10. The Labute approximate surface area is 198 Å². The molecule has 7 nitrogen and oxygen atoms in total. The Balaban J connectivity index is 1.09. The van der Waals surface area contributed by atoms with Crippen molar-refractivity contribution in [3.8, 4) is 5.75 Å². The highest BCUT2D eigenvalue weighted by Crippen LogP contribution is 2.45. The fourth-order valence-corrected chi connectivity index (χ4v) is 5.59. The zero-order valence-corrected chi connectivity index (χ0v) is 19.4. The highest BCUT2D eigenvalue weighted by Gasteiger charge is 2.47. The van der Waals surface area contributed by atoms with E-state index in [0.717, 1.165) is 38.6 Å². The number of amides is 2. The summed E-state index contributed by atoms with van der Waals surface area (Å²) in [6.45, 7) is 0.668. The van der Waals surface area contributed by atoms with E-state index in [4.69, 9.17) is 16.3 Å². The number of benzene rings is 1. The monoisotopic (exact) mass is 478 g/mol. The predicted octanol–water partition coefficient (Wildman–Crippen LogP) is 2.13. The van der Waals surface area contributed by atoms with E-state index in [-0.39, 0.29) is 47.3 Å². The van der Waals surface area contributed by atoms with Crippen molar-refractivity contribution in [1.29, 1.82) is 0 Å². The van der Waals surface area contributed by atoms with E-state index in [9.17, 15) is 14.0 Å². The molecule has 33 heavy (non-hydrogen) atoms. The van der Waals surface area contributed by atoms with E-state index in [0.29, 0.717) is 23.9 Å². The van der Waals surface area contributed by atoms with Crippen molar-refractivity contribution in [1.82, 2.24) is 21.3 Å². The van der Waals surface area contributed by atoms with E-state index < -0.39 is 5.82 Å². The second-order valence-electron chi connectivity index (χ2n) is 10.0. The molecule has 0 spiro atoms. The third kappa shape index (κ3) is 5.61. The zero-order valence-electron chi connectivity index (χ0n) is 18.6. The molecule has 1 heterocycles. The molecule has 0 radical (unpaired) electrons. The Bertz CT molecular complexity index is 892. The maximum atomic E-state index is 13.5. The van der Waals surface area contributed by atoms with Gasteiger partial charge in [-0.2, -0.15) is 0 Å². The van der Waals surface area contributed by atoms with Gasteiger partial charge in [-0.25, -0.2) is 4.39 Å². The summed E-state index contributed by atoms with van der Waals surface area (Å²) in [7, 11) is 0. The van der Waals surface area contributed by atoms with Crippen molar-refractivity contribution in [2.75, 3.05) is 13.2 Å². The fourth-order valence-electron chi connectivity index (χ4n) is 5.48. The molecule has 6 rings (SSSR count). The summed E-state index contributed by atoms with van der Waals surface area (Å²) in [4.78, 5) is 25.4. The van der Waals surface area contributed by atoms with Crippen LogP contribution in [0.3, 0.4) is 0 Å². The molecule has 180 valence electrons. The van der Waals surface area contributed by atoms with Crippen molar-refractivity contribution >= 4 is 23.4 Å². The van der Waals surface area contributed by atoms with Gasteiger partial charge in [0, 0.05) is 30.2 Å². The maximum absolute atomic E-state index is 13.5. The number of fused-ring (bicyclic) bond motifs is 2. The Morgan fingerprint density at radius 3 is 2.52 bits per heavy atom. The van der Waals surface area contributed by atoms with Crippen LogP contribution in [-0.2, 0) is 9.59 Å². The molecular weight excluding hydrogens is 447 g/mol. The van der Waals surface area contributed by atoms with Crippen molar-refractivity contribution < 1.29 is 18.7 Å². The molecule has 9 heteroatoms. The van der Waals surface area contributed by atoms with Gasteiger partial charge in [-0.05, 0) is 75.5 Å². The minimum atomic E-state index is -0.581. The van der Waals surface area contributed by atoms with Crippen molar-refractivity contribution in [3.05, 3.63) is 29.0 Å². The number of piperidine rings is 1. The molecule has 2 bridgehead atoms. The largest absolute Gasteiger partial charge is 0.484 e. The topological polar surface area (TPSA) is 91.5 Å².